The van der Waals surface area contributed by atoms with E-state index in [9.17, 15) is 0 Å². The Balaban J connectivity index is 0.847. The minimum Gasteiger partial charge on any atom is -0.309 e. The zero-order chi connectivity index (χ0) is 45.0. The number of hydrogen-bond acceptors (Lipinski definition) is 2. The van der Waals surface area contributed by atoms with Crippen LogP contribution in [0.25, 0.3) is 122 Å². The fourth-order valence-electron chi connectivity index (χ4n) is 10.00. The van der Waals surface area contributed by atoms with Crippen molar-refractivity contribution in [3.63, 3.8) is 0 Å². The Labute approximate surface area is 394 Å². The Morgan fingerprint density at radius 2 is 0.544 bits per heavy atom. The number of nitrogens with zero attached hydrogens (tertiary/aromatic N) is 4. The first-order valence-electron chi connectivity index (χ1n) is 23.1. The molecule has 318 valence electrons. The second-order valence-electron chi connectivity index (χ2n) is 17.4. The predicted molar refractivity (Wildman–Crippen MR) is 283 cm³/mol. The lowest BCUT2D eigenvalue weighted by Gasteiger charge is -2.12. The summed E-state index contributed by atoms with van der Waals surface area (Å²) >= 11 is 0. The summed E-state index contributed by atoms with van der Waals surface area (Å²) in [6, 6.07) is 91.2. The topological polar surface area (TPSA) is 35.6 Å². The second kappa shape index (κ2) is 16.4. The Kier molecular flexibility index (Phi) is 9.47. The lowest BCUT2D eigenvalue weighted by Crippen LogP contribution is -1.97. The number of fused-ring (bicyclic) bond motifs is 6. The van der Waals surface area contributed by atoms with Gasteiger partial charge in [0.05, 0.1) is 33.5 Å². The molecule has 10 aromatic carbocycles. The van der Waals surface area contributed by atoms with E-state index in [-0.39, 0.29) is 0 Å². The highest BCUT2D eigenvalue weighted by molar-refractivity contribution is 6.12. The van der Waals surface area contributed by atoms with Crippen molar-refractivity contribution in [2.24, 2.45) is 0 Å². The third-order valence-electron chi connectivity index (χ3n) is 13.4. The minimum absolute atomic E-state index is 0.709. The molecule has 0 bridgehead atoms. The van der Waals surface area contributed by atoms with Crippen molar-refractivity contribution in [2.45, 2.75) is 0 Å². The molecule has 0 spiro atoms. The van der Waals surface area contributed by atoms with Crippen molar-refractivity contribution in [2.75, 3.05) is 0 Å². The van der Waals surface area contributed by atoms with E-state index in [1.54, 1.807) is 0 Å². The normalized spacial score (nSPS) is 11.5. The highest BCUT2D eigenvalue weighted by Gasteiger charge is 2.17. The molecule has 68 heavy (non-hydrogen) atoms. The van der Waals surface area contributed by atoms with Gasteiger partial charge in [-0.15, -0.1) is 0 Å². The van der Waals surface area contributed by atoms with E-state index in [4.69, 9.17) is 9.97 Å². The first-order chi connectivity index (χ1) is 33.7. The molecular weight excluding hydrogens is 825 g/mol. The average molecular weight is 867 g/mol. The van der Waals surface area contributed by atoms with Crippen molar-refractivity contribution in [3.05, 3.63) is 255 Å². The lowest BCUT2D eigenvalue weighted by atomic mass is 10.00. The average Bonchev–Trinajstić information content (AvgIpc) is 3.94. The zero-order valence-corrected chi connectivity index (χ0v) is 37.0. The molecule has 0 aliphatic carbocycles. The zero-order valence-electron chi connectivity index (χ0n) is 37.0. The molecule has 0 radical (unpaired) electrons. The number of para-hydroxylation sites is 2. The van der Waals surface area contributed by atoms with Gasteiger partial charge < -0.3 is 9.13 Å². The second-order valence-corrected chi connectivity index (χ2v) is 17.4. The predicted octanol–water partition coefficient (Wildman–Crippen LogP) is 16.7. The summed E-state index contributed by atoms with van der Waals surface area (Å²) in [7, 11) is 0. The monoisotopic (exact) mass is 866 g/mol. The van der Waals surface area contributed by atoms with Gasteiger partial charge in [-0.1, -0.05) is 188 Å². The fourth-order valence-corrected chi connectivity index (χ4v) is 10.00. The Hall–Kier alpha value is -9.12. The van der Waals surface area contributed by atoms with Crippen molar-refractivity contribution < 1.29 is 0 Å². The summed E-state index contributed by atoms with van der Waals surface area (Å²) in [5, 5.41) is 4.91. The first kappa shape index (κ1) is 39.3. The number of rotatable bonds is 8. The Morgan fingerprint density at radius 1 is 0.221 bits per heavy atom. The molecule has 0 saturated carbocycles. The first-order valence-corrected chi connectivity index (χ1v) is 23.1. The van der Waals surface area contributed by atoms with Crippen LogP contribution in [0.2, 0.25) is 0 Å². The molecule has 13 aromatic rings. The van der Waals surface area contributed by atoms with Crippen LogP contribution in [0, 0.1) is 0 Å². The van der Waals surface area contributed by atoms with Gasteiger partial charge in [0.15, 0.2) is 5.82 Å². The molecule has 0 fully saturated rings. The van der Waals surface area contributed by atoms with E-state index in [2.05, 4.69) is 240 Å². The summed E-state index contributed by atoms with van der Waals surface area (Å²) in [5.41, 5.74) is 19.0. The highest BCUT2D eigenvalue weighted by atomic mass is 15.0. The Morgan fingerprint density at radius 3 is 1.01 bits per heavy atom. The molecule has 13 rings (SSSR count). The van der Waals surface area contributed by atoms with E-state index in [0.717, 1.165) is 45.0 Å². The molecular formula is C64H42N4. The molecule has 0 atom stereocenters. The van der Waals surface area contributed by atoms with Crippen LogP contribution in [-0.4, -0.2) is 19.1 Å². The van der Waals surface area contributed by atoms with Gasteiger partial charge >= 0.3 is 0 Å². The van der Waals surface area contributed by atoms with Gasteiger partial charge in [0.2, 0.25) is 0 Å². The van der Waals surface area contributed by atoms with Gasteiger partial charge in [-0.05, 0) is 100 Å². The largest absolute Gasteiger partial charge is 0.309 e. The summed E-state index contributed by atoms with van der Waals surface area (Å²) in [6.07, 6.45) is 0. The van der Waals surface area contributed by atoms with E-state index in [1.165, 1.54) is 71.5 Å². The molecule has 0 N–H and O–H groups in total. The third-order valence-corrected chi connectivity index (χ3v) is 13.4. The van der Waals surface area contributed by atoms with Crippen LogP contribution >= 0.6 is 0 Å². The smallest absolute Gasteiger partial charge is 0.160 e. The van der Waals surface area contributed by atoms with Gasteiger partial charge in [0.25, 0.3) is 0 Å². The van der Waals surface area contributed by atoms with E-state index in [0.29, 0.717) is 5.82 Å². The van der Waals surface area contributed by atoms with Crippen LogP contribution in [0.3, 0.4) is 0 Å². The summed E-state index contributed by atoms with van der Waals surface area (Å²) in [6.45, 7) is 0. The van der Waals surface area contributed by atoms with Crippen molar-refractivity contribution in [3.8, 4) is 78.7 Å². The lowest BCUT2D eigenvalue weighted by molar-refractivity contribution is 1.17. The van der Waals surface area contributed by atoms with Crippen molar-refractivity contribution >= 4 is 43.6 Å². The molecule has 3 heterocycles. The molecule has 0 aliphatic heterocycles. The summed E-state index contributed by atoms with van der Waals surface area (Å²) < 4.78 is 4.78. The SMILES string of the molecule is c1ccc(-c2ccc(-c3ccc(-n4c5ccccc5c5cc(-c6ccc7c(c6)c6ccccc6n7-c6ccc(-c7cc(-c8ccccc8)nc(-c8ccccc8)n7)cc6)ccc54)cc3)cc2)cc1. The van der Waals surface area contributed by atoms with Crippen LogP contribution in [-0.2, 0) is 0 Å². The van der Waals surface area contributed by atoms with Gasteiger partial charge in [-0.3, -0.25) is 0 Å². The van der Waals surface area contributed by atoms with Gasteiger partial charge in [0.1, 0.15) is 0 Å². The third kappa shape index (κ3) is 6.86. The molecule has 4 heteroatoms. The number of aromatic nitrogens is 4. The molecule has 3 aromatic heterocycles. The van der Waals surface area contributed by atoms with Crippen LogP contribution in [0.5, 0.6) is 0 Å². The van der Waals surface area contributed by atoms with Crippen molar-refractivity contribution in [1.29, 1.82) is 0 Å². The van der Waals surface area contributed by atoms with Gasteiger partial charge in [-0.25, -0.2) is 9.97 Å². The minimum atomic E-state index is 0.709. The molecule has 4 nitrogen and oxygen atoms in total. The maximum atomic E-state index is 5.09. The molecule has 0 unspecified atom stereocenters. The number of hydrogen-bond donors (Lipinski definition) is 0. The maximum absolute atomic E-state index is 5.09. The quantitative estimate of drug-likeness (QED) is 0.153. The van der Waals surface area contributed by atoms with Crippen LogP contribution < -0.4 is 0 Å². The summed E-state index contributed by atoms with van der Waals surface area (Å²) in [5.74, 6) is 0.709. The van der Waals surface area contributed by atoms with Crippen molar-refractivity contribution in [1.82, 2.24) is 19.1 Å². The summed E-state index contributed by atoms with van der Waals surface area (Å²) in [4.78, 5) is 10.1. The highest BCUT2D eigenvalue weighted by Crippen LogP contribution is 2.39. The Bertz CT molecular complexity index is 3910. The molecule has 0 aliphatic rings. The van der Waals surface area contributed by atoms with E-state index < -0.39 is 0 Å². The maximum Gasteiger partial charge on any atom is 0.160 e. The van der Waals surface area contributed by atoms with Gasteiger partial charge in [0, 0.05) is 49.6 Å². The fraction of sp³-hybridized carbons (Fsp3) is 0. The van der Waals surface area contributed by atoms with E-state index in [1.807, 2.05) is 24.3 Å². The van der Waals surface area contributed by atoms with Crippen LogP contribution in [0.4, 0.5) is 0 Å². The standard InChI is InChI=1S/C64H42N4/c1-4-14-43(15-5-1)44-24-26-45(27-25-44)46-28-34-52(35-29-46)67-60-22-12-10-20-54(60)56-40-50(32-38-62(56)67)51-33-39-63-57(41-51)55-21-11-13-23-61(55)68(63)53-36-30-48(31-37-53)59-42-58(47-16-6-2-7-17-47)65-64(66-59)49-18-8-3-9-19-49/h1-42H. The molecule has 0 saturated heterocycles. The van der Waals surface area contributed by atoms with Crippen LogP contribution in [0.1, 0.15) is 0 Å². The van der Waals surface area contributed by atoms with Gasteiger partial charge in [-0.2, -0.15) is 0 Å². The van der Waals surface area contributed by atoms with Crippen LogP contribution in [0.15, 0.2) is 255 Å². The molecule has 0 amide bonds. The van der Waals surface area contributed by atoms with E-state index >= 15 is 0 Å². The number of benzene rings is 10.